The summed E-state index contributed by atoms with van der Waals surface area (Å²) in [6.07, 6.45) is 0. The van der Waals surface area contributed by atoms with E-state index in [1.807, 2.05) is 109 Å². The van der Waals surface area contributed by atoms with Gasteiger partial charge in [-0.2, -0.15) is 10.5 Å². The molecule has 0 amide bonds. The van der Waals surface area contributed by atoms with Crippen LogP contribution in [0.4, 0.5) is 11.4 Å². The van der Waals surface area contributed by atoms with Crippen LogP contribution in [0.1, 0.15) is 11.1 Å². The van der Waals surface area contributed by atoms with Gasteiger partial charge in [0.25, 0.3) is 0 Å². The second-order valence-electron chi connectivity index (χ2n) is 11.7. The highest BCUT2D eigenvalue weighted by molar-refractivity contribution is 5.96. The first-order valence-corrected chi connectivity index (χ1v) is 16.2. The smallest absolute Gasteiger partial charge is 0.119 e. The van der Waals surface area contributed by atoms with Crippen LogP contribution in [0.25, 0.3) is 22.5 Å². The Kier molecular flexibility index (Phi) is 9.12. The third-order valence-electron chi connectivity index (χ3n) is 8.74. The molecule has 0 saturated carbocycles. The molecular weight excluding hydrogens is 652 g/mol. The zero-order chi connectivity index (χ0) is 36.2. The molecule has 2 aliphatic heterocycles. The molecule has 0 fully saturated rings. The molecule has 254 valence electrons. The van der Waals surface area contributed by atoms with E-state index in [2.05, 4.69) is 22.8 Å². The monoisotopic (exact) mass is 684 g/mol. The van der Waals surface area contributed by atoms with Crippen molar-refractivity contribution in [3.63, 3.8) is 0 Å². The Morgan fingerprint density at radius 1 is 0.500 bits per heavy atom. The number of nitriles is 2. The van der Waals surface area contributed by atoms with E-state index in [1.165, 1.54) is 0 Å². The highest BCUT2D eigenvalue weighted by atomic mass is 16.5. The maximum absolute atomic E-state index is 10.7. The second-order valence-corrected chi connectivity index (χ2v) is 11.7. The average molecular weight is 685 g/mol. The number of rotatable bonds is 10. The number of ether oxygens (including phenoxy) is 4. The van der Waals surface area contributed by atoms with Crippen molar-refractivity contribution in [3.8, 4) is 35.1 Å². The Morgan fingerprint density at radius 2 is 0.885 bits per heavy atom. The summed E-state index contributed by atoms with van der Waals surface area (Å²) in [4.78, 5) is 9.84. The van der Waals surface area contributed by atoms with Gasteiger partial charge in [0, 0.05) is 21.8 Å². The third-order valence-corrected chi connectivity index (χ3v) is 8.74. The fraction of sp³-hybridized carbons (Fsp3) is 0.0952. The molecule has 0 unspecified atom stereocenters. The summed E-state index contributed by atoms with van der Waals surface area (Å²) < 4.78 is 21.7. The number of anilines is 2. The summed E-state index contributed by atoms with van der Waals surface area (Å²) in [7, 11) is 6.44. The van der Waals surface area contributed by atoms with E-state index in [-0.39, 0.29) is 0 Å². The number of hydrogen-bond acceptors (Lipinski definition) is 10. The van der Waals surface area contributed by atoms with Gasteiger partial charge in [-0.3, -0.25) is 0 Å². The topological polar surface area (TPSA) is 133 Å². The Labute approximate surface area is 299 Å². The van der Waals surface area contributed by atoms with Crippen molar-refractivity contribution in [3.05, 3.63) is 153 Å². The quantitative estimate of drug-likeness (QED) is 0.190. The summed E-state index contributed by atoms with van der Waals surface area (Å²) in [5.74, 6) is 2.75. The Hall–Kier alpha value is -7.30. The molecule has 0 bridgehead atoms. The Balaban J connectivity index is 1.37. The highest BCUT2D eigenvalue weighted by Crippen LogP contribution is 2.33. The first kappa shape index (κ1) is 33.2. The van der Waals surface area contributed by atoms with E-state index in [9.17, 15) is 10.5 Å². The van der Waals surface area contributed by atoms with Crippen LogP contribution in [0, 0.1) is 22.7 Å². The van der Waals surface area contributed by atoms with Gasteiger partial charge in [-0.1, -0.05) is 18.2 Å². The van der Waals surface area contributed by atoms with Gasteiger partial charge in [-0.15, -0.1) is 0 Å². The first-order chi connectivity index (χ1) is 25.5. The van der Waals surface area contributed by atoms with Crippen LogP contribution in [0.3, 0.4) is 0 Å². The van der Waals surface area contributed by atoms with Gasteiger partial charge >= 0.3 is 0 Å². The maximum atomic E-state index is 10.7. The Morgan fingerprint density at radius 3 is 1.25 bits per heavy atom. The van der Waals surface area contributed by atoms with Crippen LogP contribution in [0.15, 0.2) is 131 Å². The van der Waals surface area contributed by atoms with Crippen molar-refractivity contribution in [1.82, 2.24) is 0 Å². The van der Waals surface area contributed by atoms with E-state index in [0.29, 0.717) is 67.3 Å². The summed E-state index contributed by atoms with van der Waals surface area (Å²) in [6.45, 7) is 0. The fourth-order valence-corrected chi connectivity index (χ4v) is 6.08. The molecule has 0 aliphatic carbocycles. The van der Waals surface area contributed by atoms with E-state index < -0.39 is 0 Å². The minimum Gasteiger partial charge on any atom is -0.497 e. The largest absolute Gasteiger partial charge is 0.497 e. The molecule has 10 nitrogen and oxygen atoms in total. The molecule has 2 heterocycles. The lowest BCUT2D eigenvalue weighted by atomic mass is 9.96. The van der Waals surface area contributed by atoms with Gasteiger partial charge in [0.15, 0.2) is 0 Å². The van der Waals surface area contributed by atoms with Gasteiger partial charge in [0.2, 0.25) is 0 Å². The average Bonchev–Trinajstić information content (AvgIpc) is 3.72. The maximum Gasteiger partial charge on any atom is 0.119 e. The molecule has 2 N–H and O–H groups in total. The molecule has 0 aromatic heterocycles. The van der Waals surface area contributed by atoms with Crippen LogP contribution in [-0.2, 0) is 0 Å². The molecule has 0 saturated heterocycles. The molecule has 10 heteroatoms. The molecule has 2 aliphatic rings. The molecule has 52 heavy (non-hydrogen) atoms. The van der Waals surface area contributed by atoms with Gasteiger partial charge < -0.3 is 29.6 Å². The number of hydrogen-bond donors (Lipinski definition) is 2. The number of benzene rings is 5. The summed E-state index contributed by atoms with van der Waals surface area (Å²) in [5.41, 5.74) is 5.61. The zero-order valence-corrected chi connectivity index (χ0v) is 28.8. The van der Waals surface area contributed by atoms with Crippen LogP contribution in [-0.4, -0.2) is 28.4 Å². The highest BCUT2D eigenvalue weighted by Gasteiger charge is 2.23. The van der Waals surface area contributed by atoms with E-state index in [1.54, 1.807) is 28.4 Å². The van der Waals surface area contributed by atoms with Crippen molar-refractivity contribution < 1.29 is 18.9 Å². The third kappa shape index (κ3) is 6.28. The standard InChI is InChI=1S/C42H32N6O4/c1-49-29-12-8-27(9-13-29)45-39-33-21-31(51-3)16-18-37(33)47-41(39)35(23-43)25-6-5-7-26(20-25)36(24-44)42-40(46-28-10-14-30(50-2)15-11-28)34-22-32(52-4)17-19-38(34)48-42/h5-22,45-46H,1-4H3/b41-35-,42-36-. The molecule has 5 aromatic rings. The lowest BCUT2D eigenvalue weighted by Crippen LogP contribution is -2.24. The minimum absolute atomic E-state index is 0.326. The van der Waals surface area contributed by atoms with Crippen molar-refractivity contribution in [2.75, 3.05) is 39.1 Å². The normalized spacial score (nSPS) is 14.4. The molecular formula is C42H32N6O4. The minimum atomic E-state index is 0.326. The van der Waals surface area contributed by atoms with Crippen molar-refractivity contribution >= 4 is 33.9 Å². The summed E-state index contributed by atoms with van der Waals surface area (Å²) >= 11 is 0. The molecule has 7 rings (SSSR count). The molecule has 5 aromatic carbocycles. The SMILES string of the molecule is COc1ccc(NC2=c3cc(OC)ccc3=N/C2=C(/C#N)c2cccc(/C(C#N)=C3\N=c4ccc(OC)cc4=C3Nc3ccc(OC)cc3)c2)cc1. The molecule has 0 atom stereocenters. The number of nitrogens with one attached hydrogen (secondary N) is 2. The van der Waals surface area contributed by atoms with E-state index in [4.69, 9.17) is 28.9 Å². The van der Waals surface area contributed by atoms with Crippen molar-refractivity contribution in [2.45, 2.75) is 0 Å². The summed E-state index contributed by atoms with van der Waals surface area (Å²) in [5, 5.41) is 31.3. The summed E-state index contributed by atoms with van der Waals surface area (Å²) in [6, 6.07) is 38.3. The molecule has 0 spiro atoms. The van der Waals surface area contributed by atoms with Gasteiger partial charge in [-0.25, -0.2) is 9.98 Å². The van der Waals surface area contributed by atoms with Crippen LogP contribution >= 0.6 is 0 Å². The van der Waals surface area contributed by atoms with Crippen molar-refractivity contribution in [1.29, 1.82) is 10.5 Å². The number of fused-ring (bicyclic) bond motifs is 2. The van der Waals surface area contributed by atoms with Gasteiger partial charge in [0.05, 0.1) is 61.7 Å². The number of allylic oxidation sites excluding steroid dienone is 2. The lowest BCUT2D eigenvalue weighted by Gasteiger charge is -2.14. The van der Waals surface area contributed by atoms with Crippen LogP contribution < -0.4 is 50.7 Å². The van der Waals surface area contributed by atoms with Crippen LogP contribution in [0.2, 0.25) is 0 Å². The van der Waals surface area contributed by atoms with Crippen LogP contribution in [0.5, 0.6) is 23.0 Å². The van der Waals surface area contributed by atoms with Gasteiger partial charge in [0.1, 0.15) is 46.5 Å². The second kappa shape index (κ2) is 14.3. The van der Waals surface area contributed by atoms with Gasteiger partial charge in [-0.05, 0) is 102 Å². The Bertz CT molecular complexity index is 2450. The van der Waals surface area contributed by atoms with E-state index >= 15 is 0 Å². The predicted octanol–water partition coefficient (Wildman–Crippen LogP) is 5.30. The van der Waals surface area contributed by atoms with Crippen molar-refractivity contribution in [2.24, 2.45) is 9.98 Å². The number of methoxy groups -OCH3 is 4. The van der Waals surface area contributed by atoms with E-state index in [0.717, 1.165) is 33.3 Å². The first-order valence-electron chi connectivity index (χ1n) is 16.2. The fourth-order valence-electron chi connectivity index (χ4n) is 6.08. The number of nitrogens with zero attached hydrogens (tertiary/aromatic N) is 4. The zero-order valence-electron chi connectivity index (χ0n) is 28.8. The lowest BCUT2D eigenvalue weighted by molar-refractivity contribution is 0.414. The predicted molar refractivity (Wildman–Crippen MR) is 199 cm³/mol. The molecule has 0 radical (unpaired) electrons.